The molecule has 2 amide bonds. The van der Waals surface area contributed by atoms with Crippen LogP contribution in [-0.4, -0.2) is 44.1 Å². The first-order valence-corrected chi connectivity index (χ1v) is 15.5. The average molecular weight is 646 g/mol. The highest BCUT2D eigenvalue weighted by molar-refractivity contribution is 6.17. The van der Waals surface area contributed by atoms with Gasteiger partial charge in [-0.2, -0.15) is 0 Å². The number of hydrogen-bond donors (Lipinski definition) is 5. The third-order valence-corrected chi connectivity index (χ3v) is 9.01. The zero-order chi connectivity index (χ0) is 31.8. The number of nitrogens with two attached hydrogens (primary N) is 2. The fraction of sp³-hybridized carbons (Fsp3) is 0.353. The molecule has 2 aromatic heterocycles. The van der Waals surface area contributed by atoms with Crippen LogP contribution in [0.1, 0.15) is 51.1 Å². The van der Waals surface area contributed by atoms with Gasteiger partial charge in [0.2, 0.25) is 5.91 Å². The molecular formula is C34H40ClN7O4. The zero-order valence-electron chi connectivity index (χ0n) is 25.9. The summed E-state index contributed by atoms with van der Waals surface area (Å²) >= 11 is 0. The highest BCUT2D eigenvalue weighted by atomic mass is 35.5. The number of nitrogens with zero attached hydrogens (tertiary/aromatic N) is 2. The van der Waals surface area contributed by atoms with Crippen LogP contribution >= 0.6 is 12.4 Å². The Morgan fingerprint density at radius 1 is 0.891 bits per heavy atom. The summed E-state index contributed by atoms with van der Waals surface area (Å²) in [4.78, 5) is 58.9. The van der Waals surface area contributed by atoms with Crippen LogP contribution in [0.15, 0.2) is 70.3 Å². The maximum atomic E-state index is 13.9. The molecule has 0 bridgehead atoms. The second-order valence-corrected chi connectivity index (χ2v) is 12.4. The molecule has 5 aromatic rings. The molecule has 12 heteroatoms. The number of nitrogens with one attached hydrogen (secondary N) is 3. The van der Waals surface area contributed by atoms with Gasteiger partial charge in [-0.25, -0.2) is 14.4 Å². The number of amides is 2. The van der Waals surface area contributed by atoms with Gasteiger partial charge in [-0.1, -0.05) is 30.3 Å². The minimum Gasteiger partial charge on any atom is -0.330 e. The predicted molar refractivity (Wildman–Crippen MR) is 183 cm³/mol. The number of halogens is 1. The Balaban J connectivity index is 0.00000417. The molecule has 3 aromatic carbocycles. The number of fused-ring (bicyclic) bond motifs is 2. The molecular weight excluding hydrogens is 606 g/mol. The number of aromatic amines is 3. The van der Waals surface area contributed by atoms with Crippen molar-refractivity contribution in [3.05, 3.63) is 87.1 Å². The zero-order valence-corrected chi connectivity index (χ0v) is 26.7. The van der Waals surface area contributed by atoms with Gasteiger partial charge in [-0.05, 0) is 105 Å². The van der Waals surface area contributed by atoms with Crippen LogP contribution in [0.2, 0.25) is 0 Å². The van der Waals surface area contributed by atoms with E-state index in [9.17, 15) is 19.2 Å². The Morgan fingerprint density at radius 2 is 1.57 bits per heavy atom. The van der Waals surface area contributed by atoms with Crippen molar-refractivity contribution in [2.24, 2.45) is 23.3 Å². The summed E-state index contributed by atoms with van der Waals surface area (Å²) < 4.78 is 1.62. The van der Waals surface area contributed by atoms with Crippen molar-refractivity contribution in [3.63, 3.8) is 0 Å². The van der Waals surface area contributed by atoms with E-state index >= 15 is 0 Å². The average Bonchev–Trinajstić information content (AvgIpc) is 3.59. The van der Waals surface area contributed by atoms with E-state index in [1.54, 1.807) is 22.9 Å². The first kappa shape index (κ1) is 32.9. The van der Waals surface area contributed by atoms with Gasteiger partial charge in [-0.15, -0.1) is 12.4 Å². The van der Waals surface area contributed by atoms with Crippen LogP contribution in [0.3, 0.4) is 0 Å². The van der Waals surface area contributed by atoms with E-state index in [1.165, 1.54) is 4.90 Å². The van der Waals surface area contributed by atoms with E-state index in [0.29, 0.717) is 47.4 Å². The molecule has 1 aliphatic carbocycles. The molecule has 0 aliphatic heterocycles. The van der Waals surface area contributed by atoms with Gasteiger partial charge in [0.25, 0.3) is 11.5 Å². The van der Waals surface area contributed by atoms with Gasteiger partial charge in [0.05, 0.1) is 33.7 Å². The molecule has 7 N–H and O–H groups in total. The van der Waals surface area contributed by atoms with E-state index in [2.05, 4.69) is 15.1 Å². The van der Waals surface area contributed by atoms with Crippen molar-refractivity contribution >= 4 is 51.8 Å². The first-order chi connectivity index (χ1) is 21.6. The Bertz CT molecular complexity index is 1980. The second-order valence-electron chi connectivity index (χ2n) is 12.4. The van der Waals surface area contributed by atoms with Crippen LogP contribution in [0.5, 0.6) is 0 Å². The van der Waals surface area contributed by atoms with Crippen LogP contribution in [0.25, 0.3) is 33.1 Å². The molecule has 1 saturated carbocycles. The molecule has 2 heterocycles. The lowest BCUT2D eigenvalue weighted by Crippen LogP contribution is -2.50. The summed E-state index contributed by atoms with van der Waals surface area (Å²) in [5, 5.41) is 3.83. The molecule has 0 radical (unpaired) electrons. The maximum absolute atomic E-state index is 13.9. The fourth-order valence-corrected chi connectivity index (χ4v) is 6.37. The Hall–Kier alpha value is -4.45. The minimum absolute atomic E-state index is 0. The largest absolute Gasteiger partial charge is 0.330 e. The van der Waals surface area contributed by atoms with Crippen molar-refractivity contribution in [2.75, 3.05) is 11.4 Å². The van der Waals surface area contributed by atoms with Crippen LogP contribution in [0, 0.1) is 11.8 Å². The number of carbonyl (C=O) groups is 2. The highest BCUT2D eigenvalue weighted by Gasteiger charge is 2.35. The number of anilines is 1. The number of hydrogen-bond acceptors (Lipinski definition) is 6. The number of imide groups is 1. The summed E-state index contributed by atoms with van der Waals surface area (Å²) in [7, 11) is 0. The van der Waals surface area contributed by atoms with Crippen molar-refractivity contribution in [1.29, 1.82) is 0 Å². The van der Waals surface area contributed by atoms with Crippen LogP contribution in [0.4, 0.5) is 5.69 Å². The third-order valence-electron chi connectivity index (χ3n) is 9.01. The lowest BCUT2D eigenvalue weighted by molar-refractivity contribution is -0.130. The van der Waals surface area contributed by atoms with Crippen molar-refractivity contribution in [1.82, 2.24) is 19.7 Å². The van der Waals surface area contributed by atoms with E-state index < -0.39 is 11.9 Å². The number of carbonyl (C=O) groups excluding carboxylic acids is 2. The summed E-state index contributed by atoms with van der Waals surface area (Å²) in [5.41, 5.74) is 16.9. The first-order valence-electron chi connectivity index (χ1n) is 15.5. The van der Waals surface area contributed by atoms with E-state index in [4.69, 9.17) is 11.5 Å². The summed E-state index contributed by atoms with van der Waals surface area (Å²) in [6.07, 6.45) is 3.22. The summed E-state index contributed by atoms with van der Waals surface area (Å²) in [6.45, 7) is 4.50. The minimum atomic E-state index is -0.974. The number of imidazole rings is 1. The highest BCUT2D eigenvalue weighted by Crippen LogP contribution is 2.32. The van der Waals surface area contributed by atoms with Crippen molar-refractivity contribution in [3.8, 4) is 11.1 Å². The van der Waals surface area contributed by atoms with E-state index in [0.717, 1.165) is 35.0 Å². The van der Waals surface area contributed by atoms with E-state index in [1.807, 2.05) is 56.3 Å². The SMILES string of the molecule is CC(C)n1[nH]c2cc(-c3ccc(C[C@H](N)C(=O)N(c4ccc5[nH]c(=O)[nH]c5c4)C(=O)[C@H]4CC[C@H](CN)CC4)cc3)ccc2c1=O.Cl. The molecule has 242 valence electrons. The van der Waals surface area contributed by atoms with Gasteiger partial charge in [0, 0.05) is 12.0 Å². The van der Waals surface area contributed by atoms with Gasteiger partial charge in [0.1, 0.15) is 0 Å². The van der Waals surface area contributed by atoms with E-state index in [-0.39, 0.29) is 47.9 Å². The third kappa shape index (κ3) is 6.44. The second kappa shape index (κ2) is 13.5. The molecule has 1 atom stereocenters. The molecule has 0 spiro atoms. The van der Waals surface area contributed by atoms with Gasteiger partial charge < -0.3 is 21.4 Å². The molecule has 11 nitrogen and oxygen atoms in total. The monoisotopic (exact) mass is 645 g/mol. The smallest absolute Gasteiger partial charge is 0.323 e. The molecule has 1 fully saturated rings. The molecule has 0 saturated heterocycles. The Morgan fingerprint density at radius 3 is 2.24 bits per heavy atom. The molecule has 46 heavy (non-hydrogen) atoms. The van der Waals surface area contributed by atoms with Gasteiger partial charge in [0.15, 0.2) is 0 Å². The number of H-pyrrole nitrogens is 3. The predicted octanol–water partition coefficient (Wildman–Crippen LogP) is 4.36. The van der Waals surface area contributed by atoms with Gasteiger partial charge in [-0.3, -0.25) is 19.5 Å². The Kier molecular flexibility index (Phi) is 9.66. The van der Waals surface area contributed by atoms with Crippen LogP contribution < -0.4 is 27.6 Å². The lowest BCUT2D eigenvalue weighted by atomic mass is 9.81. The maximum Gasteiger partial charge on any atom is 0.323 e. The number of aromatic nitrogens is 4. The molecule has 1 aliphatic rings. The quantitative estimate of drug-likeness (QED) is 0.167. The lowest BCUT2D eigenvalue weighted by Gasteiger charge is -2.32. The fourth-order valence-electron chi connectivity index (χ4n) is 6.37. The molecule has 6 rings (SSSR count). The number of benzene rings is 3. The topological polar surface area (TPSA) is 176 Å². The van der Waals surface area contributed by atoms with Crippen LogP contribution in [-0.2, 0) is 16.0 Å². The standard InChI is InChI=1S/C34H39N7O4.ClH/c1-19(2)41-32(43)26-13-11-24(16-29(26)39-41)22-7-3-20(4-8-22)15-27(36)33(44)40(31(42)23-9-5-21(18-35)6-10-23)25-12-14-28-30(17-25)38-34(45)37-28;/h3-4,7-8,11-14,16-17,19,21,23,27,39H,5-6,9-10,15,18,35-36H2,1-2H3,(H2,37,38,45);1H/t21-,23-,27-;/m0./s1. The Labute approximate surface area is 271 Å². The van der Waals surface area contributed by atoms with Gasteiger partial charge >= 0.3 is 5.69 Å². The summed E-state index contributed by atoms with van der Waals surface area (Å²) in [6, 6.07) is 17.5. The van der Waals surface area contributed by atoms with Crippen molar-refractivity contribution < 1.29 is 9.59 Å². The number of rotatable bonds is 8. The van der Waals surface area contributed by atoms with Crippen molar-refractivity contribution in [2.45, 2.75) is 58.0 Å². The normalized spacial score (nSPS) is 17.2. The molecule has 0 unspecified atom stereocenters. The summed E-state index contributed by atoms with van der Waals surface area (Å²) in [5.74, 6) is -0.700.